The second-order valence-corrected chi connectivity index (χ2v) is 7.27. The van der Waals surface area contributed by atoms with E-state index in [1.165, 1.54) is 33.4 Å². The van der Waals surface area contributed by atoms with Crippen molar-refractivity contribution in [3.05, 3.63) is 142 Å². The summed E-state index contributed by atoms with van der Waals surface area (Å²) in [4.78, 5) is 0. The van der Waals surface area contributed by atoms with Gasteiger partial charge < -0.3 is 0 Å². The standard InChI is InChI=1S/C26H19Br.2C2H6/c27-24-18-16-23(17-19-24)26(22-14-8-3-9-15-22)25(20-10-4-1-5-11-20)21-12-6-2-7-13-21;2*1-2/h1-19H;2*1-2H3. The lowest BCUT2D eigenvalue weighted by atomic mass is 9.86. The highest BCUT2D eigenvalue weighted by atomic mass is 79.9. The molecule has 158 valence electrons. The van der Waals surface area contributed by atoms with Crippen LogP contribution < -0.4 is 0 Å². The van der Waals surface area contributed by atoms with Crippen LogP contribution in [0.4, 0.5) is 0 Å². The van der Waals surface area contributed by atoms with E-state index in [2.05, 4.69) is 131 Å². The van der Waals surface area contributed by atoms with Crippen LogP contribution in [0.2, 0.25) is 0 Å². The first-order chi connectivity index (χ1) is 15.3. The molecule has 0 nitrogen and oxygen atoms in total. The average Bonchev–Trinajstić information content (AvgIpc) is 2.87. The van der Waals surface area contributed by atoms with E-state index in [-0.39, 0.29) is 0 Å². The monoisotopic (exact) mass is 470 g/mol. The van der Waals surface area contributed by atoms with Gasteiger partial charge in [0.25, 0.3) is 0 Å². The summed E-state index contributed by atoms with van der Waals surface area (Å²) in [5, 5.41) is 0. The Kier molecular flexibility index (Phi) is 10.5. The maximum absolute atomic E-state index is 3.56. The summed E-state index contributed by atoms with van der Waals surface area (Å²) in [6.45, 7) is 8.00. The lowest BCUT2D eigenvalue weighted by molar-refractivity contribution is 1.49. The van der Waals surface area contributed by atoms with Crippen molar-refractivity contribution in [1.29, 1.82) is 0 Å². The van der Waals surface area contributed by atoms with Crippen molar-refractivity contribution in [1.82, 2.24) is 0 Å². The molecule has 31 heavy (non-hydrogen) atoms. The third kappa shape index (κ3) is 6.54. The molecule has 0 N–H and O–H groups in total. The van der Waals surface area contributed by atoms with Crippen molar-refractivity contribution in [3.63, 3.8) is 0 Å². The quantitative estimate of drug-likeness (QED) is 0.260. The summed E-state index contributed by atoms with van der Waals surface area (Å²) < 4.78 is 1.08. The third-order valence-corrected chi connectivity index (χ3v) is 5.10. The van der Waals surface area contributed by atoms with Crippen LogP contribution in [0, 0.1) is 0 Å². The minimum atomic E-state index is 1.08. The first-order valence-corrected chi connectivity index (χ1v) is 11.8. The molecule has 4 aromatic carbocycles. The van der Waals surface area contributed by atoms with Crippen molar-refractivity contribution in [2.45, 2.75) is 27.7 Å². The first-order valence-electron chi connectivity index (χ1n) is 11.0. The maximum atomic E-state index is 3.56. The molecule has 0 fully saturated rings. The zero-order valence-corrected chi connectivity index (χ0v) is 20.4. The van der Waals surface area contributed by atoms with Gasteiger partial charge in [-0.15, -0.1) is 0 Å². The summed E-state index contributed by atoms with van der Waals surface area (Å²) in [6.07, 6.45) is 0. The van der Waals surface area contributed by atoms with E-state index in [0.29, 0.717) is 0 Å². The fraction of sp³-hybridized carbons (Fsp3) is 0.133. The van der Waals surface area contributed by atoms with Gasteiger partial charge in [-0.3, -0.25) is 0 Å². The van der Waals surface area contributed by atoms with E-state index in [4.69, 9.17) is 0 Å². The Morgan fingerprint density at radius 1 is 0.387 bits per heavy atom. The van der Waals surface area contributed by atoms with E-state index in [1.54, 1.807) is 0 Å². The highest BCUT2D eigenvalue weighted by molar-refractivity contribution is 9.10. The van der Waals surface area contributed by atoms with Gasteiger partial charge >= 0.3 is 0 Å². The van der Waals surface area contributed by atoms with Gasteiger partial charge in [-0.1, -0.05) is 147 Å². The van der Waals surface area contributed by atoms with Gasteiger partial charge in [0.15, 0.2) is 0 Å². The second kappa shape index (κ2) is 13.4. The highest BCUT2D eigenvalue weighted by Crippen LogP contribution is 2.36. The van der Waals surface area contributed by atoms with Crippen LogP contribution in [0.1, 0.15) is 49.9 Å². The molecule has 0 aromatic heterocycles. The molecule has 0 aliphatic rings. The molecule has 0 amide bonds. The smallest absolute Gasteiger partial charge is 0.0175 e. The molecular formula is C30H31Br. The zero-order chi connectivity index (χ0) is 22.5. The van der Waals surface area contributed by atoms with Crippen molar-refractivity contribution >= 4 is 27.1 Å². The van der Waals surface area contributed by atoms with Gasteiger partial charge in [0, 0.05) is 4.47 Å². The van der Waals surface area contributed by atoms with Crippen LogP contribution in [0.25, 0.3) is 11.1 Å². The summed E-state index contributed by atoms with van der Waals surface area (Å²) in [6, 6.07) is 40.5. The number of rotatable bonds is 4. The normalized spacial score (nSPS) is 9.45. The van der Waals surface area contributed by atoms with Crippen LogP contribution in [-0.4, -0.2) is 0 Å². The summed E-state index contributed by atoms with van der Waals surface area (Å²) in [5.74, 6) is 0. The molecule has 4 rings (SSSR count). The number of hydrogen-bond acceptors (Lipinski definition) is 0. The highest BCUT2D eigenvalue weighted by Gasteiger charge is 2.15. The van der Waals surface area contributed by atoms with Crippen LogP contribution in [0.15, 0.2) is 120 Å². The molecule has 0 atom stereocenters. The molecule has 0 radical (unpaired) electrons. The first kappa shape index (κ1) is 24.4. The van der Waals surface area contributed by atoms with Crippen LogP contribution in [0.3, 0.4) is 0 Å². The largest absolute Gasteiger partial charge is 0.0683 e. The molecule has 0 unspecified atom stereocenters. The fourth-order valence-electron chi connectivity index (χ4n) is 3.34. The number of benzene rings is 4. The minimum absolute atomic E-state index is 1.08. The molecule has 0 bridgehead atoms. The van der Waals surface area contributed by atoms with Gasteiger partial charge in [-0.25, -0.2) is 0 Å². The molecule has 1 heteroatoms. The predicted octanol–water partition coefficient (Wildman–Crippen LogP) is 9.51. The van der Waals surface area contributed by atoms with Gasteiger partial charge in [0.05, 0.1) is 0 Å². The molecule has 0 spiro atoms. The van der Waals surface area contributed by atoms with Gasteiger partial charge in [-0.2, -0.15) is 0 Å². The molecule has 0 aliphatic carbocycles. The molecule has 0 saturated heterocycles. The van der Waals surface area contributed by atoms with Crippen LogP contribution in [0.5, 0.6) is 0 Å². The molecule has 0 heterocycles. The van der Waals surface area contributed by atoms with Gasteiger partial charge in [0.1, 0.15) is 0 Å². The molecule has 4 aromatic rings. The molecule has 0 aliphatic heterocycles. The summed E-state index contributed by atoms with van der Waals surface area (Å²) >= 11 is 3.56. The molecule has 0 saturated carbocycles. The third-order valence-electron chi connectivity index (χ3n) is 4.57. The fourth-order valence-corrected chi connectivity index (χ4v) is 3.61. The second-order valence-electron chi connectivity index (χ2n) is 6.35. The van der Waals surface area contributed by atoms with Crippen molar-refractivity contribution in [3.8, 4) is 0 Å². The Balaban J connectivity index is 0.000000807. The van der Waals surface area contributed by atoms with Crippen molar-refractivity contribution in [2.24, 2.45) is 0 Å². The zero-order valence-electron chi connectivity index (χ0n) is 18.8. The van der Waals surface area contributed by atoms with E-state index in [1.807, 2.05) is 27.7 Å². The van der Waals surface area contributed by atoms with E-state index in [9.17, 15) is 0 Å². The maximum Gasteiger partial charge on any atom is 0.0175 e. The van der Waals surface area contributed by atoms with Crippen LogP contribution >= 0.6 is 15.9 Å². The average molecular weight is 471 g/mol. The number of hydrogen-bond donors (Lipinski definition) is 0. The van der Waals surface area contributed by atoms with Crippen LogP contribution in [-0.2, 0) is 0 Å². The van der Waals surface area contributed by atoms with E-state index in [0.717, 1.165) is 4.47 Å². The lowest BCUT2D eigenvalue weighted by Crippen LogP contribution is -1.97. The van der Waals surface area contributed by atoms with E-state index >= 15 is 0 Å². The minimum Gasteiger partial charge on any atom is -0.0683 e. The SMILES string of the molecule is Brc1ccc(C(=C(c2ccccc2)c2ccccc2)c2ccccc2)cc1.CC.CC. The van der Waals surface area contributed by atoms with Gasteiger partial charge in [-0.05, 0) is 45.5 Å². The van der Waals surface area contributed by atoms with Crippen molar-refractivity contribution < 1.29 is 0 Å². The summed E-state index contributed by atoms with van der Waals surface area (Å²) in [5.41, 5.74) is 7.32. The number of halogens is 1. The molecular weight excluding hydrogens is 440 g/mol. The van der Waals surface area contributed by atoms with Crippen molar-refractivity contribution in [2.75, 3.05) is 0 Å². The lowest BCUT2D eigenvalue weighted by Gasteiger charge is -2.18. The Morgan fingerprint density at radius 3 is 0.935 bits per heavy atom. The Hall–Kier alpha value is -2.90. The topological polar surface area (TPSA) is 0 Å². The van der Waals surface area contributed by atoms with E-state index < -0.39 is 0 Å². The Bertz CT molecular complexity index is 990. The predicted molar refractivity (Wildman–Crippen MR) is 141 cm³/mol. The van der Waals surface area contributed by atoms with Gasteiger partial charge in [0.2, 0.25) is 0 Å². The Morgan fingerprint density at radius 2 is 0.645 bits per heavy atom. The Labute approximate surface area is 196 Å². The summed E-state index contributed by atoms with van der Waals surface area (Å²) in [7, 11) is 0.